The normalized spacial score (nSPS) is 19.3. The van der Waals surface area contributed by atoms with Crippen molar-refractivity contribution in [2.45, 2.75) is 17.3 Å². The molecule has 0 saturated carbocycles. The zero-order valence-corrected chi connectivity index (χ0v) is 22.5. The van der Waals surface area contributed by atoms with Crippen LogP contribution in [0.5, 0.6) is 0 Å². The second kappa shape index (κ2) is 8.56. The Labute approximate surface area is 218 Å². The molecule has 4 aromatic rings. The number of hydrogen-bond acceptors (Lipinski definition) is 2. The third kappa shape index (κ3) is 3.17. The Hall–Kier alpha value is -3.51. The van der Waals surface area contributed by atoms with E-state index < -0.39 is 19.8 Å². The van der Waals surface area contributed by atoms with E-state index in [0.717, 1.165) is 17.8 Å². The third-order valence-electron chi connectivity index (χ3n) is 7.38. The van der Waals surface area contributed by atoms with Gasteiger partial charge in [0.25, 0.3) is 0 Å². The zero-order chi connectivity index (χ0) is 24.2. The summed E-state index contributed by atoms with van der Waals surface area (Å²) in [7, 11) is 1.83. The molecule has 0 amide bonds. The van der Waals surface area contributed by atoms with Gasteiger partial charge in [0.1, 0.15) is 0 Å². The molecule has 2 aliphatic heterocycles. The first-order valence-electron chi connectivity index (χ1n) is 12.3. The van der Waals surface area contributed by atoms with Crippen molar-refractivity contribution in [3.8, 4) is 0 Å². The van der Waals surface area contributed by atoms with E-state index in [1.807, 2.05) is 25.5 Å². The second-order valence-corrected chi connectivity index (χ2v) is 14.5. The van der Waals surface area contributed by atoms with Crippen LogP contribution in [0.25, 0.3) is 33.1 Å². The van der Waals surface area contributed by atoms with Crippen molar-refractivity contribution >= 4 is 59.1 Å². The Morgan fingerprint density at radius 3 is 2.89 bits per heavy atom. The van der Waals surface area contributed by atoms with Gasteiger partial charge < -0.3 is 0 Å². The number of benzene rings is 2. The number of pyridine rings is 1. The molecule has 0 spiro atoms. The van der Waals surface area contributed by atoms with Crippen LogP contribution < -0.4 is 0 Å². The van der Waals surface area contributed by atoms with E-state index in [-0.39, 0.29) is 0 Å². The molecular formula is C32H26IN3. The van der Waals surface area contributed by atoms with Gasteiger partial charge in [-0.05, 0) is 6.07 Å². The first-order chi connectivity index (χ1) is 17.8. The van der Waals surface area contributed by atoms with Gasteiger partial charge in [-0.2, -0.15) is 0 Å². The van der Waals surface area contributed by atoms with Crippen molar-refractivity contribution in [3.63, 3.8) is 0 Å². The van der Waals surface area contributed by atoms with Gasteiger partial charge in [0.15, 0.2) is 0 Å². The molecule has 36 heavy (non-hydrogen) atoms. The molecule has 3 aliphatic rings. The van der Waals surface area contributed by atoms with Crippen LogP contribution in [0.2, 0.25) is 0 Å². The molecule has 4 heteroatoms. The van der Waals surface area contributed by atoms with Gasteiger partial charge >= 0.3 is 206 Å². The van der Waals surface area contributed by atoms with E-state index in [1.54, 1.807) is 3.57 Å². The maximum atomic E-state index is 4.74. The molecule has 1 unspecified atom stereocenters. The van der Waals surface area contributed by atoms with E-state index in [9.17, 15) is 0 Å². The number of hydrogen-bond donors (Lipinski definition) is 0. The van der Waals surface area contributed by atoms with Crippen LogP contribution in [0, 0.1) is 10.5 Å². The Morgan fingerprint density at radius 2 is 1.97 bits per heavy atom. The van der Waals surface area contributed by atoms with E-state index in [1.165, 1.54) is 44.1 Å². The number of rotatable bonds is 3. The Balaban J connectivity index is 1.33. The molecule has 0 N–H and O–H groups in total. The maximum absolute atomic E-state index is 4.74. The summed E-state index contributed by atoms with van der Waals surface area (Å²) < 4.78 is 7.00. The Bertz CT molecular complexity index is 1720. The van der Waals surface area contributed by atoms with Crippen LogP contribution >= 0.6 is 19.8 Å². The van der Waals surface area contributed by atoms with Crippen LogP contribution in [0.4, 0.5) is 0 Å². The minimum absolute atomic E-state index is 0.608. The number of nitrogens with zero attached hydrogens (tertiary/aromatic N) is 3. The molecule has 2 aromatic heterocycles. The number of aromatic nitrogens is 2. The monoisotopic (exact) mass is 579 g/mol. The van der Waals surface area contributed by atoms with E-state index >= 15 is 0 Å². The summed E-state index contributed by atoms with van der Waals surface area (Å²) in [5.41, 5.74) is 8.63. The summed E-state index contributed by atoms with van der Waals surface area (Å²) in [6, 6.07) is 15.9. The summed E-state index contributed by atoms with van der Waals surface area (Å²) in [4.78, 5) is 9.09. The Kier molecular flexibility index (Phi) is 5.17. The molecule has 1 atom stereocenters. The summed E-state index contributed by atoms with van der Waals surface area (Å²) in [5.74, 6) is 0. The molecule has 0 saturated heterocycles. The zero-order valence-electron chi connectivity index (χ0n) is 20.3. The summed E-state index contributed by atoms with van der Waals surface area (Å²) in [6.45, 7) is 2.16. The van der Waals surface area contributed by atoms with Crippen molar-refractivity contribution in [2.24, 2.45) is 4.99 Å². The van der Waals surface area contributed by atoms with Gasteiger partial charge in [-0.15, -0.1) is 0 Å². The van der Waals surface area contributed by atoms with Gasteiger partial charge in [-0.1, -0.05) is 0 Å². The fraction of sp³-hybridized carbons (Fsp3) is 0.125. The summed E-state index contributed by atoms with van der Waals surface area (Å²) >= 11 is -1.36. The van der Waals surface area contributed by atoms with Crippen molar-refractivity contribution in [1.29, 1.82) is 0 Å². The molecular weight excluding hydrogens is 553 g/mol. The van der Waals surface area contributed by atoms with Gasteiger partial charge in [0, 0.05) is 7.05 Å². The first kappa shape index (κ1) is 21.7. The number of fused-ring (bicyclic) bond motifs is 4. The van der Waals surface area contributed by atoms with E-state index in [4.69, 9.17) is 4.98 Å². The fourth-order valence-electron chi connectivity index (χ4n) is 5.75. The van der Waals surface area contributed by atoms with Crippen LogP contribution in [0.1, 0.15) is 32.7 Å². The van der Waals surface area contributed by atoms with E-state index in [0.29, 0.717) is 3.92 Å². The molecule has 4 heterocycles. The minimum atomic E-state index is -1.36. The van der Waals surface area contributed by atoms with E-state index in [2.05, 4.69) is 99.5 Å². The van der Waals surface area contributed by atoms with Crippen molar-refractivity contribution in [3.05, 3.63) is 121 Å². The molecule has 7 rings (SSSR count). The number of aryl methyl sites for hydroxylation is 1. The molecule has 2 aromatic carbocycles. The predicted octanol–water partition coefficient (Wildman–Crippen LogP) is 8.25. The quantitative estimate of drug-likeness (QED) is 0.137. The van der Waals surface area contributed by atoms with Crippen molar-refractivity contribution in [2.75, 3.05) is 7.05 Å². The fourth-order valence-corrected chi connectivity index (χ4v) is 11.8. The van der Waals surface area contributed by atoms with Crippen molar-refractivity contribution in [1.82, 2.24) is 9.55 Å². The standard InChI is InChI=1S/C32H26IN3/c1-21-24-11-7-19-35-32(24)36(30(21)20-34-2)23-9-5-8-22(14-15-23)25-16-17-27-28-12-3-4-18-33(28)29-13-6-10-26(25)31(27)29/h3-14,16-20,28H,15H2,1-2H3. The van der Waals surface area contributed by atoms with Gasteiger partial charge in [0.05, 0.1) is 0 Å². The molecule has 3 nitrogen and oxygen atoms in total. The second-order valence-electron chi connectivity index (χ2n) is 9.30. The molecule has 0 fully saturated rings. The topological polar surface area (TPSA) is 30.2 Å². The molecule has 1 aliphatic carbocycles. The van der Waals surface area contributed by atoms with Crippen LogP contribution in [-0.2, 0) is 0 Å². The van der Waals surface area contributed by atoms with Crippen LogP contribution in [-0.4, -0.2) is 22.8 Å². The van der Waals surface area contributed by atoms with Gasteiger partial charge in [-0.25, -0.2) is 0 Å². The van der Waals surface area contributed by atoms with Crippen LogP contribution in [0.3, 0.4) is 0 Å². The van der Waals surface area contributed by atoms with Crippen LogP contribution in [0.15, 0.2) is 100 Å². The summed E-state index contributed by atoms with van der Waals surface area (Å²) in [6.07, 6.45) is 20.6. The number of halogens is 1. The predicted molar refractivity (Wildman–Crippen MR) is 162 cm³/mol. The molecule has 0 bridgehead atoms. The Morgan fingerprint density at radius 1 is 1.06 bits per heavy atom. The summed E-state index contributed by atoms with van der Waals surface area (Å²) in [5, 5.41) is 4.07. The number of aliphatic imine (C=N–C) groups is 1. The molecule has 0 radical (unpaired) electrons. The molecule has 176 valence electrons. The van der Waals surface area contributed by atoms with Crippen molar-refractivity contribution < 1.29 is 0 Å². The third-order valence-corrected chi connectivity index (χ3v) is 13.3. The SMILES string of the molecule is CN=Cc1c(C)c2cccnc2n1C1=CC=CC(c2ccc3c4c(cccc24)I2C=CC=CC32)=CC1. The first-order valence-corrected chi connectivity index (χ1v) is 15.9. The van der Waals surface area contributed by atoms with Gasteiger partial charge in [-0.3, -0.25) is 0 Å². The number of alkyl halides is 1. The average molecular weight is 579 g/mol. The average Bonchev–Trinajstić information content (AvgIpc) is 3.26. The number of allylic oxidation sites excluding steroid dienone is 9. The van der Waals surface area contributed by atoms with Gasteiger partial charge in [0.2, 0.25) is 0 Å².